The largest absolute Gasteiger partial charge is 0.511 e. The molecule has 0 aromatic carbocycles. The molecular weight excluding hydrogens is 182 g/mol. The minimum absolute atomic E-state index is 0.0671. The number of allylic oxidation sites excluding steroid dienone is 1. The molecule has 1 aliphatic rings. The van der Waals surface area contributed by atoms with Crippen LogP contribution in [0.2, 0.25) is 0 Å². The summed E-state index contributed by atoms with van der Waals surface area (Å²) >= 11 is 0. The molecule has 0 aromatic rings. The van der Waals surface area contributed by atoms with Gasteiger partial charge in [-0.1, -0.05) is 6.92 Å². The number of hydrogen-bond acceptors (Lipinski definition) is 4. The van der Waals surface area contributed by atoms with E-state index in [4.69, 9.17) is 0 Å². The van der Waals surface area contributed by atoms with E-state index in [1.54, 1.807) is 6.92 Å². The van der Waals surface area contributed by atoms with Gasteiger partial charge in [0.2, 0.25) is 0 Å². The summed E-state index contributed by atoms with van der Waals surface area (Å²) in [4.78, 5) is 15.6. The summed E-state index contributed by atoms with van der Waals surface area (Å²) in [7, 11) is 1.31. The minimum Gasteiger partial charge on any atom is -0.511 e. The van der Waals surface area contributed by atoms with Gasteiger partial charge in [-0.05, 0) is 12.8 Å². The molecule has 14 heavy (non-hydrogen) atoms. The number of carbonyl (C=O) groups is 1. The molecule has 4 nitrogen and oxygen atoms in total. The molecular formula is C10H15NO3. The van der Waals surface area contributed by atoms with Crippen molar-refractivity contribution in [3.8, 4) is 0 Å². The third-order valence-electron chi connectivity index (χ3n) is 2.18. The zero-order chi connectivity index (χ0) is 10.6. The van der Waals surface area contributed by atoms with Crippen molar-refractivity contribution in [2.45, 2.75) is 26.2 Å². The first-order chi connectivity index (χ1) is 6.70. The molecule has 1 aliphatic heterocycles. The van der Waals surface area contributed by atoms with Crippen LogP contribution in [0, 0.1) is 0 Å². The number of aliphatic hydroxyl groups is 1. The maximum absolute atomic E-state index is 11.4. The number of nitrogens with zero attached hydrogens (tertiary/aromatic N) is 1. The van der Waals surface area contributed by atoms with Gasteiger partial charge in [-0.25, -0.2) is 4.79 Å². The number of aliphatic hydroxyl groups excluding tert-OH is 1. The molecule has 0 aromatic heterocycles. The average Bonchev–Trinajstić information content (AvgIpc) is 2.70. The topological polar surface area (TPSA) is 58.9 Å². The third-order valence-corrected chi connectivity index (χ3v) is 2.18. The Kier molecular flexibility index (Phi) is 3.68. The Morgan fingerprint density at radius 3 is 2.79 bits per heavy atom. The number of hydrogen-bond donors (Lipinski definition) is 1. The van der Waals surface area contributed by atoms with Gasteiger partial charge in [0, 0.05) is 13.0 Å². The number of aliphatic imine (C=N–C) groups is 1. The predicted molar refractivity (Wildman–Crippen MR) is 53.5 cm³/mol. The van der Waals surface area contributed by atoms with Gasteiger partial charge in [-0.15, -0.1) is 0 Å². The Labute approximate surface area is 83.3 Å². The lowest BCUT2D eigenvalue weighted by Crippen LogP contribution is -2.15. The van der Waals surface area contributed by atoms with E-state index in [9.17, 15) is 9.90 Å². The van der Waals surface area contributed by atoms with E-state index in [2.05, 4.69) is 9.73 Å². The van der Waals surface area contributed by atoms with Crippen molar-refractivity contribution in [1.82, 2.24) is 0 Å². The highest BCUT2D eigenvalue weighted by Crippen LogP contribution is 2.17. The van der Waals surface area contributed by atoms with Crippen LogP contribution in [0.3, 0.4) is 0 Å². The number of carbonyl (C=O) groups excluding carboxylic acids is 1. The van der Waals surface area contributed by atoms with Crippen LogP contribution < -0.4 is 0 Å². The van der Waals surface area contributed by atoms with E-state index in [-0.39, 0.29) is 11.3 Å². The maximum atomic E-state index is 11.4. The van der Waals surface area contributed by atoms with E-state index >= 15 is 0 Å². The van der Waals surface area contributed by atoms with Gasteiger partial charge in [0.25, 0.3) is 0 Å². The van der Waals surface area contributed by atoms with Crippen molar-refractivity contribution in [1.29, 1.82) is 0 Å². The lowest BCUT2D eigenvalue weighted by atomic mass is 10.1. The second-order valence-electron chi connectivity index (χ2n) is 3.10. The Morgan fingerprint density at radius 2 is 2.36 bits per heavy atom. The number of ether oxygens (including phenoxy) is 1. The normalized spacial score (nSPS) is 17.4. The first-order valence-corrected chi connectivity index (χ1v) is 4.74. The van der Waals surface area contributed by atoms with Gasteiger partial charge in [0.15, 0.2) is 0 Å². The summed E-state index contributed by atoms with van der Waals surface area (Å²) in [6.45, 7) is 2.51. The lowest BCUT2D eigenvalue weighted by Gasteiger charge is -2.07. The van der Waals surface area contributed by atoms with Crippen LogP contribution in [0.25, 0.3) is 0 Å². The van der Waals surface area contributed by atoms with Crippen molar-refractivity contribution < 1.29 is 14.6 Å². The fourth-order valence-electron chi connectivity index (χ4n) is 1.42. The lowest BCUT2D eigenvalue weighted by molar-refractivity contribution is -0.135. The van der Waals surface area contributed by atoms with E-state index in [0.29, 0.717) is 12.1 Å². The van der Waals surface area contributed by atoms with Gasteiger partial charge >= 0.3 is 5.97 Å². The first-order valence-electron chi connectivity index (χ1n) is 4.74. The monoisotopic (exact) mass is 197 g/mol. The van der Waals surface area contributed by atoms with Crippen LogP contribution in [-0.2, 0) is 9.53 Å². The van der Waals surface area contributed by atoms with Crippen LogP contribution in [0.4, 0.5) is 0 Å². The molecule has 0 atom stereocenters. The van der Waals surface area contributed by atoms with Crippen molar-refractivity contribution >= 4 is 11.7 Å². The second kappa shape index (κ2) is 4.79. The van der Waals surface area contributed by atoms with Gasteiger partial charge in [0.1, 0.15) is 11.3 Å². The number of methoxy groups -OCH3 is 1. The average molecular weight is 197 g/mol. The molecule has 0 bridgehead atoms. The molecule has 0 radical (unpaired) electrons. The molecule has 0 saturated carbocycles. The second-order valence-corrected chi connectivity index (χ2v) is 3.10. The Hall–Kier alpha value is -1.32. The fourth-order valence-corrected chi connectivity index (χ4v) is 1.42. The molecule has 0 spiro atoms. The van der Waals surface area contributed by atoms with Gasteiger partial charge in [0.05, 0.1) is 12.8 Å². The predicted octanol–water partition coefficient (Wildman–Crippen LogP) is 1.62. The minimum atomic E-state index is -0.495. The molecule has 1 N–H and O–H groups in total. The highest BCUT2D eigenvalue weighted by atomic mass is 16.5. The smallest absolute Gasteiger partial charge is 0.343 e. The van der Waals surface area contributed by atoms with Gasteiger partial charge in [-0.2, -0.15) is 0 Å². The van der Waals surface area contributed by atoms with Crippen molar-refractivity contribution in [3.05, 3.63) is 11.3 Å². The quantitative estimate of drug-likeness (QED) is 0.425. The molecule has 0 aliphatic carbocycles. The highest BCUT2D eigenvalue weighted by molar-refractivity contribution is 6.20. The van der Waals surface area contributed by atoms with Crippen molar-refractivity contribution in [3.63, 3.8) is 0 Å². The zero-order valence-corrected chi connectivity index (χ0v) is 8.54. The molecule has 1 heterocycles. The standard InChI is InChI=1S/C10H15NO3/c1-3-8(12)9(10(13)14-2)7-5-4-6-11-7/h12H,3-6H2,1-2H3/b9-8+. The third kappa shape index (κ3) is 2.13. The van der Waals surface area contributed by atoms with Gasteiger partial charge in [-0.3, -0.25) is 4.99 Å². The van der Waals surface area contributed by atoms with E-state index in [0.717, 1.165) is 19.4 Å². The zero-order valence-electron chi connectivity index (χ0n) is 8.54. The Balaban J connectivity index is 2.98. The summed E-state index contributed by atoms with van der Waals surface area (Å²) in [5, 5.41) is 9.58. The maximum Gasteiger partial charge on any atom is 0.343 e. The van der Waals surface area contributed by atoms with Crippen LogP contribution in [0.5, 0.6) is 0 Å². The number of rotatable bonds is 3. The summed E-state index contributed by atoms with van der Waals surface area (Å²) in [6.07, 6.45) is 2.10. The van der Waals surface area contributed by atoms with Crippen LogP contribution in [0.1, 0.15) is 26.2 Å². The fraction of sp³-hybridized carbons (Fsp3) is 0.600. The van der Waals surface area contributed by atoms with Crippen LogP contribution in [-0.4, -0.2) is 30.4 Å². The van der Waals surface area contributed by atoms with Crippen LogP contribution >= 0.6 is 0 Å². The molecule has 4 heteroatoms. The summed E-state index contributed by atoms with van der Waals surface area (Å²) in [6, 6.07) is 0. The van der Waals surface area contributed by atoms with Crippen molar-refractivity contribution in [2.24, 2.45) is 4.99 Å². The molecule has 1 rings (SSSR count). The Bertz CT molecular complexity index is 292. The molecule has 0 fully saturated rings. The van der Waals surface area contributed by atoms with Gasteiger partial charge < -0.3 is 9.84 Å². The molecule has 0 saturated heterocycles. The highest BCUT2D eigenvalue weighted by Gasteiger charge is 2.22. The summed E-state index contributed by atoms with van der Waals surface area (Å²) < 4.78 is 4.61. The van der Waals surface area contributed by atoms with E-state index < -0.39 is 5.97 Å². The summed E-state index contributed by atoms with van der Waals surface area (Å²) in [5.41, 5.74) is 0.934. The van der Waals surface area contributed by atoms with E-state index in [1.807, 2.05) is 0 Å². The molecule has 0 unspecified atom stereocenters. The first kappa shape index (κ1) is 10.8. The van der Waals surface area contributed by atoms with Crippen LogP contribution in [0.15, 0.2) is 16.3 Å². The number of esters is 1. The molecule has 78 valence electrons. The Morgan fingerprint density at radius 1 is 1.64 bits per heavy atom. The van der Waals surface area contributed by atoms with Crippen molar-refractivity contribution in [2.75, 3.05) is 13.7 Å². The SMILES string of the molecule is CC/C(O)=C(\C(=O)OC)C1=NCCC1. The van der Waals surface area contributed by atoms with E-state index in [1.165, 1.54) is 7.11 Å². The summed E-state index contributed by atoms with van der Waals surface area (Å²) in [5.74, 6) is -0.428. The molecule has 0 amide bonds.